The highest BCUT2D eigenvalue weighted by molar-refractivity contribution is 5.22. The predicted octanol–water partition coefficient (Wildman–Crippen LogP) is -0.561. The van der Waals surface area contributed by atoms with E-state index in [-0.39, 0.29) is 17.4 Å². The van der Waals surface area contributed by atoms with Crippen molar-refractivity contribution >= 4 is 0 Å². The van der Waals surface area contributed by atoms with Crippen LogP contribution in [0.1, 0.15) is 36.9 Å². The second-order valence-corrected chi connectivity index (χ2v) is 4.89. The molecule has 0 aromatic carbocycles. The lowest BCUT2D eigenvalue weighted by atomic mass is 9.97. The summed E-state index contributed by atoms with van der Waals surface area (Å²) in [7, 11) is 0. The molecule has 5 N–H and O–H groups in total. The number of nitrogens with two attached hydrogens (primary N) is 1. The number of H-pyrrole nitrogens is 2. The molecule has 0 spiro atoms. The Morgan fingerprint density at radius 1 is 1.33 bits per heavy atom. The molecule has 6 nitrogen and oxygen atoms in total. The van der Waals surface area contributed by atoms with Gasteiger partial charge in [0, 0.05) is 17.2 Å². The Morgan fingerprint density at radius 2 is 2.06 bits per heavy atom. The molecule has 1 aromatic rings. The van der Waals surface area contributed by atoms with E-state index in [4.69, 9.17) is 5.73 Å². The van der Waals surface area contributed by atoms with Crippen LogP contribution >= 0.6 is 0 Å². The lowest BCUT2D eigenvalue weighted by molar-refractivity contribution is 0.136. The Bertz CT molecular complexity index is 534. The number of aromatic amines is 2. The standard InChI is InChI=1S/C12H19N3O3/c1-2-8-10(14-12(18)15-11(8)17)6-3-7(5-13)9(16)4-6/h6-7,9,16H,2-5,13H2,1H3,(H2,14,15,17,18)/t6-,7-,9+/m1/s1. The van der Waals surface area contributed by atoms with E-state index in [1.54, 1.807) is 0 Å². The van der Waals surface area contributed by atoms with Gasteiger partial charge in [-0.2, -0.15) is 0 Å². The van der Waals surface area contributed by atoms with Crippen LogP contribution < -0.4 is 17.0 Å². The van der Waals surface area contributed by atoms with Gasteiger partial charge in [0.1, 0.15) is 0 Å². The van der Waals surface area contributed by atoms with E-state index >= 15 is 0 Å². The molecule has 1 aliphatic carbocycles. The third-order valence-corrected chi connectivity index (χ3v) is 3.80. The smallest absolute Gasteiger partial charge is 0.325 e. The fraction of sp³-hybridized carbons (Fsp3) is 0.667. The van der Waals surface area contributed by atoms with Gasteiger partial charge in [0.2, 0.25) is 0 Å². The van der Waals surface area contributed by atoms with Gasteiger partial charge < -0.3 is 15.8 Å². The summed E-state index contributed by atoms with van der Waals surface area (Å²) in [4.78, 5) is 28.0. The first-order chi connectivity index (χ1) is 8.56. The highest BCUT2D eigenvalue weighted by atomic mass is 16.3. The van der Waals surface area contributed by atoms with Crippen LogP contribution in [0.4, 0.5) is 0 Å². The topological polar surface area (TPSA) is 112 Å². The zero-order valence-corrected chi connectivity index (χ0v) is 10.4. The minimum Gasteiger partial charge on any atom is -0.393 e. The number of rotatable bonds is 3. The van der Waals surface area contributed by atoms with Crippen molar-refractivity contribution in [1.82, 2.24) is 9.97 Å². The van der Waals surface area contributed by atoms with E-state index in [0.717, 1.165) is 0 Å². The molecule has 1 aromatic heterocycles. The zero-order chi connectivity index (χ0) is 13.3. The highest BCUT2D eigenvalue weighted by Gasteiger charge is 2.34. The van der Waals surface area contributed by atoms with Crippen LogP contribution in [0.3, 0.4) is 0 Å². The molecule has 1 fully saturated rings. The molecule has 3 atom stereocenters. The summed E-state index contributed by atoms with van der Waals surface area (Å²) in [6, 6.07) is 0. The first-order valence-electron chi connectivity index (χ1n) is 6.30. The summed E-state index contributed by atoms with van der Waals surface area (Å²) in [6.45, 7) is 2.30. The van der Waals surface area contributed by atoms with Crippen molar-refractivity contribution in [2.24, 2.45) is 11.7 Å². The molecule has 1 saturated carbocycles. The molecule has 100 valence electrons. The molecule has 1 aliphatic rings. The predicted molar refractivity (Wildman–Crippen MR) is 67.6 cm³/mol. The van der Waals surface area contributed by atoms with Crippen molar-refractivity contribution in [1.29, 1.82) is 0 Å². The maximum atomic E-state index is 11.7. The maximum absolute atomic E-state index is 11.7. The SMILES string of the molecule is CCc1c([C@@H]2C[C@H](CN)[C@@H](O)C2)[nH]c(=O)[nH]c1=O. The first-order valence-corrected chi connectivity index (χ1v) is 6.30. The van der Waals surface area contributed by atoms with Crippen LogP contribution in [0.2, 0.25) is 0 Å². The van der Waals surface area contributed by atoms with Gasteiger partial charge in [-0.3, -0.25) is 9.78 Å². The highest BCUT2D eigenvalue weighted by Crippen LogP contribution is 2.37. The van der Waals surface area contributed by atoms with E-state index in [1.807, 2.05) is 6.92 Å². The van der Waals surface area contributed by atoms with Crippen LogP contribution in [-0.4, -0.2) is 27.7 Å². The number of nitrogens with one attached hydrogen (secondary N) is 2. The third kappa shape index (κ3) is 2.26. The summed E-state index contributed by atoms with van der Waals surface area (Å²) in [6.07, 6.45) is 1.37. The van der Waals surface area contributed by atoms with Crippen molar-refractivity contribution in [3.63, 3.8) is 0 Å². The number of aromatic nitrogens is 2. The average Bonchev–Trinajstić information content (AvgIpc) is 2.69. The summed E-state index contributed by atoms with van der Waals surface area (Å²) in [5.74, 6) is 0.0565. The molecular formula is C12H19N3O3. The quantitative estimate of drug-likeness (QED) is 0.578. The van der Waals surface area contributed by atoms with Crippen LogP contribution in [-0.2, 0) is 6.42 Å². The van der Waals surface area contributed by atoms with Gasteiger partial charge in [-0.15, -0.1) is 0 Å². The molecule has 18 heavy (non-hydrogen) atoms. The van der Waals surface area contributed by atoms with Crippen LogP contribution in [0.25, 0.3) is 0 Å². The van der Waals surface area contributed by atoms with Gasteiger partial charge in [-0.05, 0) is 31.7 Å². The van der Waals surface area contributed by atoms with Crippen LogP contribution in [0.5, 0.6) is 0 Å². The fourth-order valence-electron chi connectivity index (χ4n) is 2.82. The largest absolute Gasteiger partial charge is 0.393 e. The molecule has 1 heterocycles. The number of aliphatic hydroxyl groups excluding tert-OH is 1. The monoisotopic (exact) mass is 253 g/mol. The normalized spacial score (nSPS) is 27.6. The lowest BCUT2D eigenvalue weighted by Crippen LogP contribution is -2.28. The number of aliphatic hydroxyl groups is 1. The number of hydrogen-bond acceptors (Lipinski definition) is 4. The molecular weight excluding hydrogens is 234 g/mol. The first kappa shape index (κ1) is 13.0. The Kier molecular flexibility index (Phi) is 3.68. The molecule has 0 aliphatic heterocycles. The van der Waals surface area contributed by atoms with Crippen LogP contribution in [0, 0.1) is 5.92 Å². The van der Waals surface area contributed by atoms with Gasteiger partial charge >= 0.3 is 5.69 Å². The number of hydrogen-bond donors (Lipinski definition) is 4. The van der Waals surface area contributed by atoms with Crippen molar-refractivity contribution in [3.05, 3.63) is 32.1 Å². The Labute approximate surface area is 104 Å². The van der Waals surface area contributed by atoms with Gasteiger partial charge in [0.15, 0.2) is 0 Å². The van der Waals surface area contributed by atoms with Crippen molar-refractivity contribution < 1.29 is 5.11 Å². The van der Waals surface area contributed by atoms with Crippen molar-refractivity contribution in [2.75, 3.05) is 6.54 Å². The van der Waals surface area contributed by atoms with Gasteiger partial charge in [0.05, 0.1) is 6.10 Å². The molecule has 2 rings (SSSR count). The van der Waals surface area contributed by atoms with Crippen molar-refractivity contribution in [2.45, 2.75) is 38.2 Å². The van der Waals surface area contributed by atoms with Gasteiger partial charge in [-0.1, -0.05) is 6.92 Å². The summed E-state index contributed by atoms with van der Waals surface area (Å²) >= 11 is 0. The zero-order valence-electron chi connectivity index (χ0n) is 10.4. The summed E-state index contributed by atoms with van der Waals surface area (Å²) < 4.78 is 0. The van der Waals surface area contributed by atoms with Gasteiger partial charge in [0.25, 0.3) is 5.56 Å². The van der Waals surface area contributed by atoms with E-state index in [9.17, 15) is 14.7 Å². The second kappa shape index (κ2) is 5.07. The minimum atomic E-state index is -0.488. The summed E-state index contributed by atoms with van der Waals surface area (Å²) in [5, 5.41) is 9.86. The van der Waals surface area contributed by atoms with Gasteiger partial charge in [-0.25, -0.2) is 4.79 Å². The molecule has 6 heteroatoms. The summed E-state index contributed by atoms with van der Waals surface area (Å²) in [5.41, 5.74) is 6.04. The Hall–Kier alpha value is -1.40. The molecule has 0 unspecified atom stereocenters. The Balaban J connectivity index is 2.40. The Morgan fingerprint density at radius 3 is 2.61 bits per heavy atom. The second-order valence-electron chi connectivity index (χ2n) is 4.89. The van der Waals surface area contributed by atoms with E-state index < -0.39 is 11.8 Å². The van der Waals surface area contributed by atoms with E-state index in [1.165, 1.54) is 0 Å². The van der Waals surface area contributed by atoms with E-state index in [0.29, 0.717) is 37.1 Å². The molecule has 0 radical (unpaired) electrons. The van der Waals surface area contributed by atoms with Crippen LogP contribution in [0.15, 0.2) is 9.59 Å². The lowest BCUT2D eigenvalue weighted by Gasteiger charge is -2.13. The third-order valence-electron chi connectivity index (χ3n) is 3.80. The minimum absolute atomic E-state index is 0.0125. The average molecular weight is 253 g/mol. The molecule has 0 saturated heterocycles. The fourth-order valence-corrected chi connectivity index (χ4v) is 2.82. The molecule has 0 amide bonds. The van der Waals surface area contributed by atoms with E-state index in [2.05, 4.69) is 9.97 Å². The van der Waals surface area contributed by atoms with Crippen molar-refractivity contribution in [3.8, 4) is 0 Å². The maximum Gasteiger partial charge on any atom is 0.325 e. The molecule has 0 bridgehead atoms.